The summed E-state index contributed by atoms with van der Waals surface area (Å²) < 4.78 is 0. The van der Waals surface area contributed by atoms with Gasteiger partial charge in [-0.25, -0.2) is 0 Å². The van der Waals surface area contributed by atoms with Gasteiger partial charge in [0.1, 0.15) is 0 Å². The van der Waals surface area contributed by atoms with Crippen molar-refractivity contribution >= 4 is 11.6 Å². The Morgan fingerprint density at radius 2 is 2.10 bits per heavy atom. The first kappa shape index (κ1) is 10.0. The van der Waals surface area contributed by atoms with Crippen LogP contribution in [0.3, 0.4) is 0 Å². The highest BCUT2D eigenvalue weighted by atomic mass is 35.5. The zero-order valence-electron chi connectivity index (χ0n) is 7.10. The molecule has 0 amide bonds. The van der Waals surface area contributed by atoms with Crippen molar-refractivity contribution in [1.82, 2.24) is 0 Å². The van der Waals surface area contributed by atoms with Crippen molar-refractivity contribution in [3.8, 4) is 0 Å². The van der Waals surface area contributed by atoms with Crippen LogP contribution < -0.4 is 0 Å². The lowest BCUT2D eigenvalue weighted by Crippen LogP contribution is -2.01. The van der Waals surface area contributed by atoms with E-state index in [1.807, 2.05) is 19.1 Å². The smallest absolute Gasteiger partial charge is 0.0518 e. The Labute approximate surface area is 69.3 Å². The van der Waals surface area contributed by atoms with Crippen LogP contribution in [0.4, 0.5) is 0 Å². The Hall–Kier alpha value is 0.0300. The molecule has 0 N–H and O–H groups in total. The van der Waals surface area contributed by atoms with E-state index in [-0.39, 0.29) is 5.38 Å². The maximum Gasteiger partial charge on any atom is 0.0518 e. The van der Waals surface area contributed by atoms with Crippen molar-refractivity contribution in [3.05, 3.63) is 12.2 Å². The van der Waals surface area contributed by atoms with Gasteiger partial charge < -0.3 is 0 Å². The predicted molar refractivity (Wildman–Crippen MR) is 48.5 cm³/mol. The van der Waals surface area contributed by atoms with Crippen LogP contribution in [0.2, 0.25) is 0 Å². The Morgan fingerprint density at radius 1 is 1.50 bits per heavy atom. The highest BCUT2D eigenvalue weighted by Gasteiger charge is 2.04. The number of alkyl halides is 1. The van der Waals surface area contributed by atoms with Crippen LogP contribution in [-0.2, 0) is 0 Å². The van der Waals surface area contributed by atoms with E-state index in [1.54, 1.807) is 0 Å². The van der Waals surface area contributed by atoms with Crippen LogP contribution in [-0.4, -0.2) is 5.38 Å². The minimum atomic E-state index is 0.236. The fourth-order valence-corrected chi connectivity index (χ4v) is 1.29. The molecule has 0 aromatic rings. The summed E-state index contributed by atoms with van der Waals surface area (Å²) in [6.07, 6.45) is 6.39. The average molecular weight is 161 g/mol. The molecule has 1 heteroatoms. The van der Waals surface area contributed by atoms with E-state index in [1.165, 1.54) is 6.42 Å². The summed E-state index contributed by atoms with van der Waals surface area (Å²) in [7, 11) is 0. The monoisotopic (exact) mass is 160 g/mol. The number of rotatable bonds is 4. The summed E-state index contributed by atoms with van der Waals surface area (Å²) in [6.45, 7) is 6.44. The van der Waals surface area contributed by atoms with E-state index in [4.69, 9.17) is 11.6 Å². The molecule has 0 nitrogen and oxygen atoms in total. The topological polar surface area (TPSA) is 0 Å². The third-order valence-electron chi connectivity index (χ3n) is 1.73. The van der Waals surface area contributed by atoms with E-state index < -0.39 is 0 Å². The third kappa shape index (κ3) is 4.87. The van der Waals surface area contributed by atoms with Crippen LogP contribution in [0.15, 0.2) is 12.2 Å². The lowest BCUT2D eigenvalue weighted by Gasteiger charge is -2.09. The van der Waals surface area contributed by atoms with Crippen LogP contribution in [0.1, 0.15) is 33.6 Å². The highest BCUT2D eigenvalue weighted by molar-refractivity contribution is 6.21. The van der Waals surface area contributed by atoms with Crippen LogP contribution >= 0.6 is 11.6 Å². The maximum absolute atomic E-state index is 5.97. The molecule has 0 aromatic heterocycles. The van der Waals surface area contributed by atoms with Gasteiger partial charge in [0.25, 0.3) is 0 Å². The second-order valence-corrected chi connectivity index (χ2v) is 3.35. The van der Waals surface area contributed by atoms with E-state index in [2.05, 4.69) is 13.8 Å². The minimum absolute atomic E-state index is 0.236. The van der Waals surface area contributed by atoms with Gasteiger partial charge in [-0.1, -0.05) is 32.4 Å². The SMILES string of the molecule is CC=CC(Cl)C[C@@H](C)CC. The van der Waals surface area contributed by atoms with Crippen molar-refractivity contribution < 1.29 is 0 Å². The normalized spacial score (nSPS) is 17.6. The summed E-state index contributed by atoms with van der Waals surface area (Å²) >= 11 is 5.97. The number of hydrogen-bond donors (Lipinski definition) is 0. The van der Waals surface area contributed by atoms with Crippen LogP contribution in [0, 0.1) is 5.92 Å². The van der Waals surface area contributed by atoms with Gasteiger partial charge >= 0.3 is 0 Å². The van der Waals surface area contributed by atoms with E-state index >= 15 is 0 Å². The summed E-state index contributed by atoms with van der Waals surface area (Å²) in [5, 5.41) is 0.236. The standard InChI is InChI=1S/C9H17Cl/c1-4-6-9(10)7-8(3)5-2/h4,6,8-9H,5,7H2,1-3H3/t8-,9?/m0/s1. The molecule has 1 unspecified atom stereocenters. The molecule has 0 saturated carbocycles. The van der Waals surface area contributed by atoms with Crippen molar-refractivity contribution in [1.29, 1.82) is 0 Å². The summed E-state index contributed by atoms with van der Waals surface area (Å²) in [6, 6.07) is 0. The minimum Gasteiger partial charge on any atom is -0.118 e. The van der Waals surface area contributed by atoms with Gasteiger partial charge in [0.05, 0.1) is 5.38 Å². The molecule has 0 aromatic carbocycles. The third-order valence-corrected chi connectivity index (χ3v) is 2.05. The lowest BCUT2D eigenvalue weighted by atomic mass is 10.0. The zero-order chi connectivity index (χ0) is 7.98. The van der Waals surface area contributed by atoms with Crippen molar-refractivity contribution in [2.75, 3.05) is 0 Å². The van der Waals surface area contributed by atoms with Gasteiger partial charge in [-0.2, -0.15) is 0 Å². The van der Waals surface area contributed by atoms with E-state index in [0.717, 1.165) is 12.3 Å². The summed E-state index contributed by atoms with van der Waals surface area (Å²) in [5.41, 5.74) is 0. The van der Waals surface area contributed by atoms with Crippen LogP contribution in [0.25, 0.3) is 0 Å². The van der Waals surface area contributed by atoms with Gasteiger partial charge in [-0.3, -0.25) is 0 Å². The molecule has 2 atom stereocenters. The Morgan fingerprint density at radius 3 is 2.50 bits per heavy atom. The van der Waals surface area contributed by atoms with Gasteiger partial charge in [0, 0.05) is 0 Å². The van der Waals surface area contributed by atoms with Crippen molar-refractivity contribution in [2.45, 2.75) is 39.0 Å². The highest BCUT2D eigenvalue weighted by Crippen LogP contribution is 2.14. The molecule has 10 heavy (non-hydrogen) atoms. The lowest BCUT2D eigenvalue weighted by molar-refractivity contribution is 0.525. The van der Waals surface area contributed by atoms with Crippen molar-refractivity contribution in [3.63, 3.8) is 0 Å². The zero-order valence-corrected chi connectivity index (χ0v) is 7.86. The quantitative estimate of drug-likeness (QED) is 0.436. The molecule has 0 fully saturated rings. The van der Waals surface area contributed by atoms with Gasteiger partial charge in [-0.15, -0.1) is 11.6 Å². The average Bonchev–Trinajstić information content (AvgIpc) is 1.88. The fourth-order valence-electron chi connectivity index (χ4n) is 0.838. The second-order valence-electron chi connectivity index (χ2n) is 2.79. The Kier molecular flexibility index (Phi) is 5.81. The number of hydrogen-bond acceptors (Lipinski definition) is 0. The van der Waals surface area contributed by atoms with Crippen molar-refractivity contribution in [2.24, 2.45) is 5.92 Å². The Bertz CT molecular complexity index is 96.9. The molecule has 0 bridgehead atoms. The molecule has 60 valence electrons. The predicted octanol–water partition coefficient (Wildman–Crippen LogP) is 3.61. The molecule has 0 rings (SSSR count). The molecular weight excluding hydrogens is 144 g/mol. The van der Waals surface area contributed by atoms with Crippen LogP contribution in [0.5, 0.6) is 0 Å². The van der Waals surface area contributed by atoms with Gasteiger partial charge in [0.2, 0.25) is 0 Å². The fraction of sp³-hybridized carbons (Fsp3) is 0.778. The van der Waals surface area contributed by atoms with E-state index in [9.17, 15) is 0 Å². The second kappa shape index (κ2) is 5.79. The molecular formula is C9H17Cl. The molecule has 0 aliphatic heterocycles. The molecule has 0 aliphatic carbocycles. The molecule has 0 aliphatic rings. The summed E-state index contributed by atoms with van der Waals surface area (Å²) in [4.78, 5) is 0. The largest absolute Gasteiger partial charge is 0.118 e. The molecule has 0 saturated heterocycles. The van der Waals surface area contributed by atoms with E-state index in [0.29, 0.717) is 0 Å². The first-order chi connectivity index (χ1) is 4.70. The first-order valence-corrected chi connectivity index (χ1v) is 4.41. The Balaban J connectivity index is 3.46. The van der Waals surface area contributed by atoms with Gasteiger partial charge in [0.15, 0.2) is 0 Å². The number of allylic oxidation sites excluding steroid dienone is 2. The summed E-state index contributed by atoms with van der Waals surface area (Å²) in [5.74, 6) is 0.749. The number of halogens is 1. The first-order valence-electron chi connectivity index (χ1n) is 3.97. The maximum atomic E-state index is 5.97. The molecule has 0 radical (unpaired) electrons. The molecule has 0 spiro atoms. The van der Waals surface area contributed by atoms with Gasteiger partial charge in [-0.05, 0) is 19.3 Å². The molecule has 0 heterocycles.